The van der Waals surface area contributed by atoms with Crippen molar-refractivity contribution < 1.29 is 0 Å². The van der Waals surface area contributed by atoms with Gasteiger partial charge in [0.1, 0.15) is 0 Å². The molecule has 1 heterocycles. The second-order valence-electron chi connectivity index (χ2n) is 11.1. The van der Waals surface area contributed by atoms with E-state index in [2.05, 4.69) is 115 Å². The Morgan fingerprint density at radius 1 is 0.737 bits per heavy atom. The zero-order chi connectivity index (χ0) is 28.0. The third-order valence-electron chi connectivity index (χ3n) is 6.81. The predicted octanol–water partition coefficient (Wildman–Crippen LogP) is 9.98. The Hall–Kier alpha value is -2.39. The summed E-state index contributed by atoms with van der Waals surface area (Å²) in [5.74, 6) is 1.56. The van der Waals surface area contributed by atoms with Crippen molar-refractivity contribution in [1.29, 1.82) is 0 Å². The molecule has 0 saturated heterocycles. The second kappa shape index (κ2) is 13.6. The molecular weight excluding hydrogens is 553 g/mol. The monoisotopic (exact) mass is 595 g/mol. The van der Waals surface area contributed by atoms with Gasteiger partial charge in [0.25, 0.3) is 0 Å². The second-order valence-corrected chi connectivity index (χ2v) is 12.9. The topological polar surface area (TPSA) is 37.3 Å². The van der Waals surface area contributed by atoms with E-state index >= 15 is 0 Å². The Bertz CT molecular complexity index is 1250. The zero-order valence-corrected chi connectivity index (χ0v) is 26.7. The first-order chi connectivity index (χ1) is 18.0. The molecule has 0 saturated carbocycles. The normalized spacial score (nSPS) is 12.8. The summed E-state index contributed by atoms with van der Waals surface area (Å²) in [6.07, 6.45) is 0. The van der Waals surface area contributed by atoms with Crippen molar-refractivity contribution in [3.8, 4) is 0 Å². The summed E-state index contributed by atoms with van der Waals surface area (Å²) in [6, 6.07) is 19.3. The van der Waals surface area contributed by atoms with Crippen LogP contribution in [-0.2, 0) is 0 Å². The van der Waals surface area contributed by atoms with Crippen LogP contribution in [0.25, 0.3) is 5.70 Å². The minimum absolute atomic E-state index is 0.184. The number of pyridine rings is 1. The molecule has 0 spiro atoms. The summed E-state index contributed by atoms with van der Waals surface area (Å²) in [5.41, 5.74) is 11.0. The number of nitrogens with one attached hydrogen (secondary N) is 1. The molecule has 202 valence electrons. The standard InChI is InChI=1S/C33H42ClN3Se/c1-20(2)25-13-10-14-26(21(3)4)32(25)35-24(9)29-17-12-18-30(36-29)31(19-38-34)37-33-27(22(5)6)15-11-16-28(33)23(7)8/h10-23,37H,1-9H3/b31-19+,35-24?. The summed E-state index contributed by atoms with van der Waals surface area (Å²) in [4.78, 5) is 12.3. The Morgan fingerprint density at radius 3 is 1.66 bits per heavy atom. The molecule has 0 bridgehead atoms. The number of aromatic nitrogens is 1. The average Bonchev–Trinajstić information content (AvgIpc) is 2.88. The fourth-order valence-electron chi connectivity index (χ4n) is 4.68. The van der Waals surface area contributed by atoms with E-state index < -0.39 is 0 Å². The summed E-state index contributed by atoms with van der Waals surface area (Å²) < 4.78 is 0. The molecule has 3 aromatic rings. The third-order valence-corrected chi connectivity index (χ3v) is 7.96. The van der Waals surface area contributed by atoms with Crippen LogP contribution in [0.15, 0.2) is 64.6 Å². The van der Waals surface area contributed by atoms with Crippen LogP contribution in [0.4, 0.5) is 11.4 Å². The molecule has 0 radical (unpaired) electrons. The van der Waals surface area contributed by atoms with Gasteiger partial charge in [-0.15, -0.1) is 0 Å². The summed E-state index contributed by atoms with van der Waals surface area (Å²) >= 11 is -0.184. The van der Waals surface area contributed by atoms with Gasteiger partial charge in [-0.25, -0.2) is 0 Å². The number of benzene rings is 2. The van der Waals surface area contributed by atoms with Gasteiger partial charge in [-0.3, -0.25) is 0 Å². The molecule has 5 heteroatoms. The van der Waals surface area contributed by atoms with E-state index in [9.17, 15) is 0 Å². The molecule has 38 heavy (non-hydrogen) atoms. The number of aliphatic imine (C=N–C) groups is 1. The third kappa shape index (κ3) is 7.17. The fourth-order valence-corrected chi connectivity index (χ4v) is 5.71. The van der Waals surface area contributed by atoms with Gasteiger partial charge in [0.2, 0.25) is 0 Å². The Labute approximate surface area is 240 Å². The molecule has 1 aromatic heterocycles. The molecule has 3 nitrogen and oxygen atoms in total. The summed E-state index contributed by atoms with van der Waals surface area (Å²) in [5, 5.41) is 3.75. The first kappa shape index (κ1) is 30.2. The summed E-state index contributed by atoms with van der Waals surface area (Å²) in [7, 11) is 6.32. The molecular formula is C33H42ClN3Se. The first-order valence-corrected chi connectivity index (χ1v) is 16.8. The quantitative estimate of drug-likeness (QED) is 0.187. The van der Waals surface area contributed by atoms with Gasteiger partial charge in [-0.2, -0.15) is 0 Å². The number of halogens is 1. The Morgan fingerprint density at radius 2 is 1.18 bits per heavy atom. The van der Waals surface area contributed by atoms with Crippen molar-refractivity contribution >= 4 is 46.9 Å². The number of rotatable bonds is 10. The van der Waals surface area contributed by atoms with Crippen LogP contribution < -0.4 is 5.32 Å². The van der Waals surface area contributed by atoms with Crippen LogP contribution in [0.3, 0.4) is 0 Å². The van der Waals surface area contributed by atoms with Crippen LogP contribution in [0.2, 0.25) is 0 Å². The van der Waals surface area contributed by atoms with E-state index in [0.29, 0.717) is 23.7 Å². The molecule has 1 N–H and O–H groups in total. The van der Waals surface area contributed by atoms with Crippen molar-refractivity contribution in [2.75, 3.05) is 5.32 Å². The Balaban J connectivity index is 2.08. The molecule has 0 aliphatic carbocycles. The number of hydrogen-bond donors (Lipinski definition) is 1. The maximum absolute atomic E-state index is 6.32. The van der Waals surface area contributed by atoms with Crippen molar-refractivity contribution in [1.82, 2.24) is 4.98 Å². The number of anilines is 1. The molecule has 0 fully saturated rings. The van der Waals surface area contributed by atoms with Gasteiger partial charge in [-0.1, -0.05) is 0 Å². The van der Waals surface area contributed by atoms with E-state index in [1.807, 2.05) is 12.1 Å². The van der Waals surface area contributed by atoms with Gasteiger partial charge in [0.15, 0.2) is 0 Å². The number of nitrogens with zero attached hydrogens (tertiary/aromatic N) is 2. The molecule has 0 atom stereocenters. The number of para-hydroxylation sites is 2. The SMILES string of the molecule is CC(=Nc1c(C(C)C)cccc1C(C)C)c1cccc(/C(=C\[Se]Cl)Nc2c(C(C)C)cccc2C(C)C)n1. The molecule has 0 unspecified atom stereocenters. The van der Waals surface area contributed by atoms with Crippen molar-refractivity contribution in [2.45, 2.75) is 86.0 Å². The molecule has 0 amide bonds. The van der Waals surface area contributed by atoms with Crippen LogP contribution in [0, 0.1) is 0 Å². The number of hydrogen-bond acceptors (Lipinski definition) is 3. The van der Waals surface area contributed by atoms with Gasteiger partial charge in [0.05, 0.1) is 0 Å². The van der Waals surface area contributed by atoms with Gasteiger partial charge in [0, 0.05) is 0 Å². The van der Waals surface area contributed by atoms with Crippen molar-refractivity contribution in [3.05, 3.63) is 93.2 Å². The summed E-state index contributed by atoms with van der Waals surface area (Å²) in [6.45, 7) is 19.9. The first-order valence-electron chi connectivity index (χ1n) is 13.6. The van der Waals surface area contributed by atoms with Crippen LogP contribution >= 0.6 is 10.1 Å². The molecule has 0 aliphatic heterocycles. The van der Waals surface area contributed by atoms with E-state index in [4.69, 9.17) is 20.1 Å². The van der Waals surface area contributed by atoms with Crippen LogP contribution in [-0.4, -0.2) is 24.7 Å². The van der Waals surface area contributed by atoms with E-state index in [0.717, 1.165) is 34.2 Å². The fraction of sp³-hybridized carbons (Fsp3) is 0.394. The van der Waals surface area contributed by atoms with Gasteiger partial charge in [-0.05, 0) is 0 Å². The average molecular weight is 595 g/mol. The minimum atomic E-state index is -0.184. The van der Waals surface area contributed by atoms with E-state index in [-0.39, 0.29) is 14.0 Å². The van der Waals surface area contributed by atoms with Gasteiger partial charge < -0.3 is 0 Å². The maximum atomic E-state index is 6.32. The van der Waals surface area contributed by atoms with Crippen molar-refractivity contribution in [3.63, 3.8) is 0 Å². The van der Waals surface area contributed by atoms with Crippen molar-refractivity contribution in [2.24, 2.45) is 4.99 Å². The van der Waals surface area contributed by atoms with E-state index in [1.54, 1.807) is 0 Å². The zero-order valence-electron chi connectivity index (χ0n) is 24.3. The van der Waals surface area contributed by atoms with Gasteiger partial charge >= 0.3 is 241 Å². The van der Waals surface area contributed by atoms with Crippen LogP contribution in [0.5, 0.6) is 0 Å². The van der Waals surface area contributed by atoms with Crippen LogP contribution in [0.1, 0.15) is 120 Å². The molecule has 3 rings (SSSR count). The molecule has 0 aliphatic rings. The Kier molecular flexibility index (Phi) is 10.8. The predicted molar refractivity (Wildman–Crippen MR) is 169 cm³/mol. The molecule has 2 aromatic carbocycles. The van der Waals surface area contributed by atoms with E-state index in [1.165, 1.54) is 22.3 Å².